The van der Waals surface area contributed by atoms with Gasteiger partial charge in [0.15, 0.2) is 5.96 Å². The number of piperidine rings is 1. The van der Waals surface area contributed by atoms with Gasteiger partial charge in [0, 0.05) is 43.9 Å². The highest BCUT2D eigenvalue weighted by molar-refractivity contribution is 6.31. The molecule has 6 nitrogen and oxygen atoms in total. The Labute approximate surface area is 192 Å². The van der Waals surface area contributed by atoms with E-state index >= 15 is 0 Å². The highest BCUT2D eigenvalue weighted by Crippen LogP contribution is 2.22. The minimum absolute atomic E-state index is 0.283. The summed E-state index contributed by atoms with van der Waals surface area (Å²) in [4.78, 5) is 6.94. The van der Waals surface area contributed by atoms with Crippen molar-refractivity contribution in [1.82, 2.24) is 25.3 Å². The Bertz CT molecular complexity index is 882. The summed E-state index contributed by atoms with van der Waals surface area (Å²) in [7, 11) is 3.85. The van der Waals surface area contributed by atoms with Crippen LogP contribution in [0.1, 0.15) is 42.3 Å². The van der Waals surface area contributed by atoms with Gasteiger partial charge in [-0.15, -0.1) is 0 Å². The fourth-order valence-corrected chi connectivity index (χ4v) is 4.55. The molecule has 0 amide bonds. The number of halogens is 1. The van der Waals surface area contributed by atoms with Crippen molar-refractivity contribution in [1.29, 1.82) is 0 Å². The Hall–Kier alpha value is -2.05. The lowest BCUT2D eigenvalue weighted by molar-refractivity contribution is 0.178. The van der Waals surface area contributed by atoms with Crippen LogP contribution in [0.4, 0.5) is 0 Å². The van der Waals surface area contributed by atoms with Crippen LogP contribution in [-0.2, 0) is 20.0 Å². The number of hydrogen-bond donors (Lipinski definition) is 2. The topological polar surface area (TPSA) is 57.5 Å². The molecular formula is C24H37ClN6. The third-order valence-corrected chi connectivity index (χ3v) is 6.76. The first-order valence-corrected chi connectivity index (χ1v) is 11.7. The van der Waals surface area contributed by atoms with Gasteiger partial charge in [-0.05, 0) is 76.2 Å². The van der Waals surface area contributed by atoms with Gasteiger partial charge in [-0.1, -0.05) is 29.8 Å². The normalized spacial score (nSPS) is 17.0. The maximum atomic E-state index is 6.32. The molecule has 0 bridgehead atoms. The molecule has 1 aliphatic heterocycles. The number of nitrogens with one attached hydrogen (secondary N) is 2. The van der Waals surface area contributed by atoms with E-state index in [2.05, 4.69) is 58.5 Å². The zero-order valence-electron chi connectivity index (χ0n) is 19.6. The van der Waals surface area contributed by atoms with Crippen LogP contribution in [0, 0.1) is 19.8 Å². The summed E-state index contributed by atoms with van der Waals surface area (Å²) < 4.78 is 1.96. The molecule has 7 heteroatoms. The number of likely N-dealkylation sites (tertiary alicyclic amines) is 1. The van der Waals surface area contributed by atoms with Crippen LogP contribution in [0.3, 0.4) is 0 Å². The molecule has 2 N–H and O–H groups in total. The van der Waals surface area contributed by atoms with Gasteiger partial charge in [0.05, 0.1) is 5.69 Å². The number of rotatable bonds is 7. The van der Waals surface area contributed by atoms with Crippen molar-refractivity contribution in [2.24, 2.45) is 18.0 Å². The monoisotopic (exact) mass is 444 g/mol. The zero-order valence-corrected chi connectivity index (χ0v) is 20.3. The third-order valence-electron chi connectivity index (χ3n) is 6.39. The first-order valence-electron chi connectivity index (χ1n) is 11.3. The van der Waals surface area contributed by atoms with Crippen LogP contribution >= 0.6 is 11.6 Å². The van der Waals surface area contributed by atoms with Gasteiger partial charge in [0.1, 0.15) is 0 Å². The predicted octanol–water partition coefficient (Wildman–Crippen LogP) is 3.70. The van der Waals surface area contributed by atoms with Crippen molar-refractivity contribution in [3.8, 4) is 0 Å². The molecule has 2 heterocycles. The van der Waals surface area contributed by atoms with Gasteiger partial charge in [-0.25, -0.2) is 0 Å². The first-order chi connectivity index (χ1) is 14.9. The molecule has 2 aromatic rings. The zero-order chi connectivity index (χ0) is 22.4. The van der Waals surface area contributed by atoms with E-state index in [4.69, 9.17) is 11.6 Å². The molecule has 31 heavy (non-hydrogen) atoms. The molecule has 0 aliphatic carbocycles. The number of aryl methyl sites for hydroxylation is 2. The summed E-state index contributed by atoms with van der Waals surface area (Å²) >= 11 is 6.32. The molecule has 3 rings (SSSR count). The first kappa shape index (κ1) is 23.6. The summed E-state index contributed by atoms with van der Waals surface area (Å²) in [6, 6.07) is 8.44. The molecule has 1 atom stereocenters. The molecule has 1 fully saturated rings. The van der Waals surface area contributed by atoms with Crippen molar-refractivity contribution < 1.29 is 0 Å². The maximum absolute atomic E-state index is 6.32. The standard InChI is InChI=1S/C24H37ClN6/c1-17(14-22-18(2)29-30(5)19(22)3)28-24(26-4)27-15-20-10-12-31(13-11-20)16-21-8-6-7-9-23(21)25/h6-9,17,20H,10-16H2,1-5H3,(H2,26,27,28). The molecule has 1 unspecified atom stereocenters. The van der Waals surface area contributed by atoms with E-state index in [1.54, 1.807) is 0 Å². The largest absolute Gasteiger partial charge is 0.356 e. The summed E-state index contributed by atoms with van der Waals surface area (Å²) in [6.45, 7) is 10.5. The molecular weight excluding hydrogens is 408 g/mol. The van der Waals surface area contributed by atoms with Gasteiger partial charge >= 0.3 is 0 Å². The second-order valence-corrected chi connectivity index (χ2v) is 9.19. The molecule has 1 aromatic carbocycles. The average Bonchev–Trinajstić information content (AvgIpc) is 2.99. The lowest BCUT2D eigenvalue weighted by Gasteiger charge is -2.32. The fourth-order valence-electron chi connectivity index (χ4n) is 4.36. The molecule has 1 saturated heterocycles. The summed E-state index contributed by atoms with van der Waals surface area (Å²) in [6.07, 6.45) is 3.32. The van der Waals surface area contributed by atoms with E-state index in [9.17, 15) is 0 Å². The Morgan fingerprint density at radius 1 is 1.26 bits per heavy atom. The molecule has 1 aromatic heterocycles. The molecule has 170 valence electrons. The van der Waals surface area contributed by atoms with Crippen LogP contribution in [-0.4, -0.2) is 53.4 Å². The van der Waals surface area contributed by atoms with Crippen LogP contribution in [0.25, 0.3) is 0 Å². The average molecular weight is 445 g/mol. The predicted molar refractivity (Wildman–Crippen MR) is 130 cm³/mol. The van der Waals surface area contributed by atoms with Crippen LogP contribution in [0.5, 0.6) is 0 Å². The van der Waals surface area contributed by atoms with E-state index in [1.165, 1.54) is 29.7 Å². The van der Waals surface area contributed by atoms with Crippen molar-refractivity contribution in [3.05, 3.63) is 51.8 Å². The number of hydrogen-bond acceptors (Lipinski definition) is 3. The van der Waals surface area contributed by atoms with E-state index < -0.39 is 0 Å². The van der Waals surface area contributed by atoms with Crippen molar-refractivity contribution >= 4 is 17.6 Å². The van der Waals surface area contributed by atoms with E-state index in [-0.39, 0.29) is 6.04 Å². The Balaban J connectivity index is 1.41. The van der Waals surface area contributed by atoms with Crippen LogP contribution < -0.4 is 10.6 Å². The molecule has 1 aliphatic rings. The second kappa shape index (κ2) is 11.0. The SMILES string of the molecule is CN=C(NCC1CCN(Cc2ccccc2Cl)CC1)NC(C)Cc1c(C)nn(C)c1C. The van der Waals surface area contributed by atoms with Gasteiger partial charge in [-0.2, -0.15) is 5.10 Å². The summed E-state index contributed by atoms with van der Waals surface area (Å²) in [5.74, 6) is 1.55. The Kier molecular flexibility index (Phi) is 8.38. The quantitative estimate of drug-likeness (QED) is 0.505. The summed E-state index contributed by atoms with van der Waals surface area (Å²) in [5.41, 5.74) is 4.89. The van der Waals surface area contributed by atoms with Crippen molar-refractivity contribution in [2.45, 2.75) is 52.6 Å². The lowest BCUT2D eigenvalue weighted by Crippen LogP contribution is -2.46. The minimum atomic E-state index is 0.283. The maximum Gasteiger partial charge on any atom is 0.191 e. The Morgan fingerprint density at radius 3 is 2.58 bits per heavy atom. The van der Waals surface area contributed by atoms with Crippen LogP contribution in [0.15, 0.2) is 29.3 Å². The lowest BCUT2D eigenvalue weighted by atomic mass is 9.96. The van der Waals surface area contributed by atoms with Gasteiger partial charge in [-0.3, -0.25) is 14.6 Å². The number of guanidine groups is 1. The highest BCUT2D eigenvalue weighted by atomic mass is 35.5. The molecule has 0 radical (unpaired) electrons. The number of nitrogens with zero attached hydrogens (tertiary/aromatic N) is 4. The number of benzene rings is 1. The molecule has 0 spiro atoms. The van der Waals surface area contributed by atoms with Gasteiger partial charge in [0.2, 0.25) is 0 Å². The van der Waals surface area contributed by atoms with E-state index in [0.717, 1.165) is 49.3 Å². The smallest absolute Gasteiger partial charge is 0.191 e. The van der Waals surface area contributed by atoms with Crippen molar-refractivity contribution in [2.75, 3.05) is 26.7 Å². The van der Waals surface area contributed by atoms with Gasteiger partial charge in [0.25, 0.3) is 0 Å². The van der Waals surface area contributed by atoms with Crippen molar-refractivity contribution in [3.63, 3.8) is 0 Å². The fraction of sp³-hybridized carbons (Fsp3) is 0.583. The second-order valence-electron chi connectivity index (χ2n) is 8.79. The molecule has 0 saturated carbocycles. The van der Waals surface area contributed by atoms with E-state index in [0.29, 0.717) is 5.92 Å². The number of aromatic nitrogens is 2. The minimum Gasteiger partial charge on any atom is -0.356 e. The van der Waals surface area contributed by atoms with Gasteiger partial charge < -0.3 is 10.6 Å². The highest BCUT2D eigenvalue weighted by Gasteiger charge is 2.20. The third kappa shape index (κ3) is 6.47. The summed E-state index contributed by atoms with van der Waals surface area (Å²) in [5, 5.41) is 12.5. The van der Waals surface area contributed by atoms with E-state index in [1.807, 2.05) is 30.9 Å². The Morgan fingerprint density at radius 2 is 1.97 bits per heavy atom. The van der Waals surface area contributed by atoms with Crippen LogP contribution in [0.2, 0.25) is 5.02 Å². The number of aliphatic imine (C=N–C) groups is 1.